The molecule has 2 N–H and O–H groups in total. The Hall–Kier alpha value is -2.96. The third-order valence-corrected chi connectivity index (χ3v) is 5.60. The van der Waals surface area contributed by atoms with Crippen LogP contribution in [0.25, 0.3) is 6.08 Å². The fourth-order valence-electron chi connectivity index (χ4n) is 2.29. The van der Waals surface area contributed by atoms with E-state index in [4.69, 9.17) is 11.6 Å². The molecule has 0 aliphatic rings. The van der Waals surface area contributed by atoms with E-state index in [1.165, 1.54) is 12.1 Å². The van der Waals surface area contributed by atoms with E-state index in [-0.39, 0.29) is 28.6 Å². The molecular weight excluding hydrogens is 463 g/mol. The molecule has 2 rings (SSSR count). The standard InChI is InChI=1S/C18H15ClF3N3O5S/c19-16-6-5-13(18(20,21)22)10-12(16)4-7-17(26)23-8-9-24-31(29,30)15-3-1-2-14(11-15)25(27)28/h1-7,10-11,24H,8-9H2,(H,23,26). The van der Waals surface area contributed by atoms with Gasteiger partial charge in [0.25, 0.3) is 5.69 Å². The maximum absolute atomic E-state index is 12.7. The minimum Gasteiger partial charge on any atom is -0.351 e. The number of rotatable bonds is 8. The molecule has 2 aromatic rings. The SMILES string of the molecule is O=C(C=Cc1cc(C(F)(F)F)ccc1Cl)NCCNS(=O)(=O)c1cccc([N+](=O)[O-])c1. The normalized spacial score (nSPS) is 12.1. The molecule has 8 nitrogen and oxygen atoms in total. The number of amides is 1. The van der Waals surface area contributed by atoms with Crippen LogP contribution >= 0.6 is 11.6 Å². The predicted molar refractivity (Wildman–Crippen MR) is 107 cm³/mol. The average Bonchev–Trinajstić information content (AvgIpc) is 2.70. The van der Waals surface area contributed by atoms with Crippen LogP contribution in [0.4, 0.5) is 18.9 Å². The van der Waals surface area contributed by atoms with Crippen molar-refractivity contribution in [3.8, 4) is 0 Å². The summed E-state index contributed by atoms with van der Waals surface area (Å²) < 4.78 is 64.7. The van der Waals surface area contributed by atoms with Gasteiger partial charge in [0.05, 0.1) is 15.4 Å². The van der Waals surface area contributed by atoms with E-state index in [2.05, 4.69) is 10.0 Å². The van der Waals surface area contributed by atoms with Gasteiger partial charge in [-0.2, -0.15) is 13.2 Å². The fourth-order valence-corrected chi connectivity index (χ4v) is 3.54. The van der Waals surface area contributed by atoms with E-state index in [9.17, 15) is 36.5 Å². The van der Waals surface area contributed by atoms with Crippen molar-refractivity contribution in [2.24, 2.45) is 0 Å². The van der Waals surface area contributed by atoms with Gasteiger partial charge in [-0.15, -0.1) is 0 Å². The Bertz CT molecular complexity index is 1120. The molecule has 0 unspecified atom stereocenters. The van der Waals surface area contributed by atoms with Gasteiger partial charge in [-0.25, -0.2) is 13.1 Å². The second-order valence-corrected chi connectivity index (χ2v) is 8.18. The lowest BCUT2D eigenvalue weighted by Gasteiger charge is -2.08. The predicted octanol–water partition coefficient (Wildman–Crippen LogP) is 3.37. The number of hydrogen-bond donors (Lipinski definition) is 2. The van der Waals surface area contributed by atoms with Crippen LogP contribution in [-0.4, -0.2) is 32.3 Å². The molecule has 0 aromatic heterocycles. The highest BCUT2D eigenvalue weighted by atomic mass is 35.5. The van der Waals surface area contributed by atoms with Crippen LogP contribution < -0.4 is 10.0 Å². The van der Waals surface area contributed by atoms with Crippen LogP contribution in [0.2, 0.25) is 5.02 Å². The molecule has 0 aliphatic heterocycles. The fraction of sp³-hybridized carbons (Fsp3) is 0.167. The van der Waals surface area contributed by atoms with Crippen LogP contribution in [0, 0.1) is 10.1 Å². The molecule has 0 spiro atoms. The van der Waals surface area contributed by atoms with Gasteiger partial charge in [0.2, 0.25) is 15.9 Å². The van der Waals surface area contributed by atoms with Crippen LogP contribution in [0.3, 0.4) is 0 Å². The Labute approximate surface area is 179 Å². The zero-order chi connectivity index (χ0) is 23.2. The van der Waals surface area contributed by atoms with Crippen molar-refractivity contribution in [2.75, 3.05) is 13.1 Å². The second kappa shape index (κ2) is 9.90. The van der Waals surface area contributed by atoms with Crippen molar-refractivity contribution < 1.29 is 31.3 Å². The first-order valence-corrected chi connectivity index (χ1v) is 10.3. The van der Waals surface area contributed by atoms with Gasteiger partial charge >= 0.3 is 6.18 Å². The van der Waals surface area contributed by atoms with Gasteiger partial charge in [0.15, 0.2) is 0 Å². The molecule has 0 atom stereocenters. The Balaban J connectivity index is 1.91. The van der Waals surface area contributed by atoms with E-state index in [1.54, 1.807) is 0 Å². The summed E-state index contributed by atoms with van der Waals surface area (Å²) >= 11 is 5.83. The minimum absolute atomic E-state index is 0.0155. The number of halogens is 4. The molecule has 0 saturated heterocycles. The molecule has 0 heterocycles. The van der Waals surface area contributed by atoms with E-state index < -0.39 is 38.3 Å². The number of benzene rings is 2. The molecule has 0 saturated carbocycles. The van der Waals surface area contributed by atoms with Gasteiger partial charge in [0.1, 0.15) is 0 Å². The largest absolute Gasteiger partial charge is 0.416 e. The number of hydrogen-bond acceptors (Lipinski definition) is 5. The molecule has 1 amide bonds. The zero-order valence-corrected chi connectivity index (χ0v) is 17.1. The van der Waals surface area contributed by atoms with Crippen LogP contribution in [0.15, 0.2) is 53.4 Å². The lowest BCUT2D eigenvalue weighted by atomic mass is 10.1. The van der Waals surface area contributed by atoms with Crippen LogP contribution in [-0.2, 0) is 21.0 Å². The molecule has 0 aliphatic carbocycles. The second-order valence-electron chi connectivity index (χ2n) is 6.01. The third kappa shape index (κ3) is 7.05. The van der Waals surface area contributed by atoms with Gasteiger partial charge in [0, 0.05) is 36.3 Å². The monoisotopic (exact) mass is 477 g/mol. The molecule has 31 heavy (non-hydrogen) atoms. The topological polar surface area (TPSA) is 118 Å². The first-order valence-electron chi connectivity index (χ1n) is 8.47. The van der Waals surface area contributed by atoms with Crippen molar-refractivity contribution in [3.63, 3.8) is 0 Å². The Kier molecular flexibility index (Phi) is 7.76. The summed E-state index contributed by atoms with van der Waals surface area (Å²) in [6, 6.07) is 7.09. The molecule has 13 heteroatoms. The highest BCUT2D eigenvalue weighted by Gasteiger charge is 2.30. The lowest BCUT2D eigenvalue weighted by molar-refractivity contribution is -0.385. The summed E-state index contributed by atoms with van der Waals surface area (Å²) in [5, 5.41) is 13.1. The van der Waals surface area contributed by atoms with Crippen LogP contribution in [0.5, 0.6) is 0 Å². The molecule has 0 fully saturated rings. The smallest absolute Gasteiger partial charge is 0.351 e. The summed E-state index contributed by atoms with van der Waals surface area (Å²) in [4.78, 5) is 21.5. The third-order valence-electron chi connectivity index (χ3n) is 3.79. The molecule has 166 valence electrons. The maximum Gasteiger partial charge on any atom is 0.416 e. The lowest BCUT2D eigenvalue weighted by Crippen LogP contribution is -2.34. The number of carbonyl (C=O) groups is 1. The number of sulfonamides is 1. The Morgan fingerprint density at radius 2 is 1.87 bits per heavy atom. The van der Waals surface area contributed by atoms with Gasteiger partial charge in [-0.05, 0) is 35.9 Å². The summed E-state index contributed by atoms with van der Waals surface area (Å²) in [6.07, 6.45) is -2.51. The van der Waals surface area contributed by atoms with E-state index >= 15 is 0 Å². The van der Waals surface area contributed by atoms with Crippen LogP contribution in [0.1, 0.15) is 11.1 Å². The van der Waals surface area contributed by atoms with Gasteiger partial charge in [-0.3, -0.25) is 14.9 Å². The number of nitrogens with one attached hydrogen (secondary N) is 2. The van der Waals surface area contributed by atoms with Gasteiger partial charge < -0.3 is 5.32 Å². The molecular formula is C18H15ClF3N3O5S. The summed E-state index contributed by atoms with van der Waals surface area (Å²) in [6.45, 7) is -0.372. The first-order chi connectivity index (χ1) is 14.4. The highest BCUT2D eigenvalue weighted by Crippen LogP contribution is 2.32. The highest BCUT2D eigenvalue weighted by molar-refractivity contribution is 7.89. The van der Waals surface area contributed by atoms with E-state index in [1.807, 2.05) is 0 Å². The molecule has 2 aromatic carbocycles. The average molecular weight is 478 g/mol. The van der Waals surface area contributed by atoms with Crippen molar-refractivity contribution in [3.05, 3.63) is 74.8 Å². The van der Waals surface area contributed by atoms with Crippen molar-refractivity contribution in [1.29, 1.82) is 0 Å². The zero-order valence-electron chi connectivity index (χ0n) is 15.5. The number of non-ortho nitro benzene ring substituents is 1. The first kappa shape index (κ1) is 24.3. The van der Waals surface area contributed by atoms with Crippen molar-refractivity contribution in [1.82, 2.24) is 10.0 Å². The molecule has 0 bridgehead atoms. The Morgan fingerprint density at radius 1 is 1.16 bits per heavy atom. The number of alkyl halides is 3. The summed E-state index contributed by atoms with van der Waals surface area (Å²) in [7, 11) is -4.04. The molecule has 0 radical (unpaired) electrons. The summed E-state index contributed by atoms with van der Waals surface area (Å²) in [5.74, 6) is -0.692. The maximum atomic E-state index is 12.7. The van der Waals surface area contributed by atoms with Gasteiger partial charge in [-0.1, -0.05) is 17.7 Å². The Morgan fingerprint density at radius 3 is 2.52 bits per heavy atom. The van der Waals surface area contributed by atoms with Crippen molar-refractivity contribution in [2.45, 2.75) is 11.1 Å². The van der Waals surface area contributed by atoms with Crippen molar-refractivity contribution >= 4 is 39.3 Å². The number of nitrogens with zero attached hydrogens (tertiary/aromatic N) is 1. The number of nitro groups is 1. The van der Waals surface area contributed by atoms with E-state index in [0.717, 1.165) is 42.5 Å². The number of nitro benzene ring substituents is 1. The quantitative estimate of drug-likeness (QED) is 0.261. The summed E-state index contributed by atoms with van der Waals surface area (Å²) in [5.41, 5.74) is -1.33. The van der Waals surface area contributed by atoms with E-state index in [0.29, 0.717) is 0 Å². The number of carbonyl (C=O) groups excluding carboxylic acids is 1. The minimum atomic E-state index is -4.56.